The monoisotopic (exact) mass is 454 g/mol. The van der Waals surface area contributed by atoms with Crippen LogP contribution in [0.25, 0.3) is 5.57 Å². The van der Waals surface area contributed by atoms with Gasteiger partial charge in [0.25, 0.3) is 11.8 Å². The van der Waals surface area contributed by atoms with Crippen LogP contribution >= 0.6 is 11.6 Å². The Hall–Kier alpha value is -3.71. The molecule has 0 radical (unpaired) electrons. The predicted molar refractivity (Wildman–Crippen MR) is 118 cm³/mol. The molecule has 0 fully saturated rings. The van der Waals surface area contributed by atoms with Crippen LogP contribution in [0.4, 0.5) is 20.2 Å². The molecule has 1 N–H and O–H groups in total. The van der Waals surface area contributed by atoms with Crippen LogP contribution in [0.3, 0.4) is 0 Å². The van der Waals surface area contributed by atoms with Crippen molar-refractivity contribution in [2.75, 3.05) is 16.8 Å². The van der Waals surface area contributed by atoms with Crippen molar-refractivity contribution in [2.45, 2.75) is 6.92 Å². The third-order valence-electron chi connectivity index (χ3n) is 4.81. The quantitative estimate of drug-likeness (QED) is 0.506. The average molecular weight is 455 g/mol. The Bertz CT molecular complexity index is 1220. The minimum absolute atomic E-state index is 0.0554. The summed E-state index contributed by atoms with van der Waals surface area (Å²) in [6.45, 7) is 2.33. The maximum atomic E-state index is 13.7. The minimum Gasteiger partial charge on any atom is -0.494 e. The maximum absolute atomic E-state index is 13.7. The lowest BCUT2D eigenvalue weighted by Gasteiger charge is -2.15. The molecule has 1 aliphatic rings. The highest BCUT2D eigenvalue weighted by atomic mass is 35.5. The number of anilines is 2. The van der Waals surface area contributed by atoms with Crippen molar-refractivity contribution < 1.29 is 23.1 Å². The summed E-state index contributed by atoms with van der Waals surface area (Å²) < 4.78 is 32.5. The van der Waals surface area contributed by atoms with E-state index in [0.717, 1.165) is 17.0 Å². The van der Waals surface area contributed by atoms with Gasteiger partial charge >= 0.3 is 0 Å². The lowest BCUT2D eigenvalue weighted by atomic mass is 10.0. The summed E-state index contributed by atoms with van der Waals surface area (Å²) in [5.74, 6) is -2.69. The summed E-state index contributed by atoms with van der Waals surface area (Å²) in [6.07, 6.45) is 0. The van der Waals surface area contributed by atoms with Crippen LogP contribution in [0.2, 0.25) is 5.02 Å². The smallest absolute Gasteiger partial charge is 0.282 e. The highest BCUT2D eigenvalue weighted by Crippen LogP contribution is 2.35. The first-order valence-electron chi connectivity index (χ1n) is 9.73. The molecule has 162 valence electrons. The normalized spacial score (nSPS) is 13.7. The zero-order valence-corrected chi connectivity index (χ0v) is 17.6. The number of hydrogen-bond donors (Lipinski definition) is 1. The number of carbonyl (C=O) groups is 2. The van der Waals surface area contributed by atoms with Crippen molar-refractivity contribution in [3.63, 3.8) is 0 Å². The van der Waals surface area contributed by atoms with Crippen LogP contribution < -0.4 is 15.0 Å². The largest absolute Gasteiger partial charge is 0.494 e. The molecule has 0 spiro atoms. The average Bonchev–Trinajstić information content (AvgIpc) is 3.02. The molecule has 1 heterocycles. The molecule has 32 heavy (non-hydrogen) atoms. The number of amides is 2. The number of carbonyl (C=O) groups excluding carboxylic acids is 2. The van der Waals surface area contributed by atoms with Crippen LogP contribution in [0.5, 0.6) is 5.75 Å². The van der Waals surface area contributed by atoms with E-state index in [1.54, 1.807) is 48.5 Å². The van der Waals surface area contributed by atoms with E-state index < -0.39 is 23.4 Å². The van der Waals surface area contributed by atoms with Gasteiger partial charge < -0.3 is 10.1 Å². The van der Waals surface area contributed by atoms with E-state index in [-0.39, 0.29) is 17.0 Å². The van der Waals surface area contributed by atoms with Gasteiger partial charge in [-0.15, -0.1) is 0 Å². The fourth-order valence-corrected chi connectivity index (χ4v) is 3.47. The summed E-state index contributed by atoms with van der Waals surface area (Å²) in [6, 6.07) is 16.0. The Balaban J connectivity index is 1.79. The molecular weight excluding hydrogens is 438 g/mol. The molecule has 8 heteroatoms. The van der Waals surface area contributed by atoms with E-state index in [9.17, 15) is 18.4 Å². The standard InChI is InChI=1S/C24H17ClF2N2O3/c1-2-32-18-10-3-14(4-11-18)21-22(28-16-7-12-19(26)20(27)13-16)24(31)29(23(21)30)17-8-5-15(25)6-9-17/h3-13,28H,2H2,1H3. The predicted octanol–water partition coefficient (Wildman–Crippen LogP) is 5.41. The molecule has 0 saturated carbocycles. The zero-order chi connectivity index (χ0) is 22.8. The molecule has 1 aliphatic heterocycles. The summed E-state index contributed by atoms with van der Waals surface area (Å²) in [4.78, 5) is 27.6. The van der Waals surface area contributed by atoms with Gasteiger partial charge in [-0.3, -0.25) is 9.59 Å². The second-order valence-corrected chi connectivity index (χ2v) is 7.32. The van der Waals surface area contributed by atoms with E-state index in [0.29, 0.717) is 28.6 Å². The minimum atomic E-state index is -1.08. The van der Waals surface area contributed by atoms with Gasteiger partial charge in [0.2, 0.25) is 0 Å². The molecule has 3 aromatic rings. The topological polar surface area (TPSA) is 58.6 Å². The molecule has 0 bridgehead atoms. The van der Waals surface area contributed by atoms with Gasteiger partial charge in [0.15, 0.2) is 11.6 Å². The highest BCUT2D eigenvalue weighted by Gasteiger charge is 2.40. The summed E-state index contributed by atoms with van der Waals surface area (Å²) in [5, 5.41) is 3.24. The van der Waals surface area contributed by atoms with E-state index in [1.165, 1.54) is 6.07 Å². The van der Waals surface area contributed by atoms with Crippen molar-refractivity contribution >= 4 is 40.4 Å². The second-order valence-electron chi connectivity index (χ2n) is 6.88. The number of nitrogens with one attached hydrogen (secondary N) is 1. The van der Waals surface area contributed by atoms with E-state index in [4.69, 9.17) is 16.3 Å². The number of ether oxygens (including phenoxy) is 1. The third kappa shape index (κ3) is 4.07. The van der Waals surface area contributed by atoms with Gasteiger partial charge in [-0.25, -0.2) is 13.7 Å². The zero-order valence-electron chi connectivity index (χ0n) is 16.9. The molecule has 4 rings (SSSR count). The first-order chi connectivity index (χ1) is 15.4. The fourth-order valence-electron chi connectivity index (χ4n) is 3.34. The Morgan fingerprint density at radius 3 is 2.22 bits per heavy atom. The van der Waals surface area contributed by atoms with Crippen LogP contribution in [0.1, 0.15) is 12.5 Å². The molecule has 0 aliphatic carbocycles. The third-order valence-corrected chi connectivity index (χ3v) is 5.06. The molecule has 2 amide bonds. The number of benzene rings is 3. The number of hydrogen-bond acceptors (Lipinski definition) is 4. The summed E-state index contributed by atoms with van der Waals surface area (Å²) >= 11 is 5.93. The van der Waals surface area contributed by atoms with Gasteiger partial charge in [-0.1, -0.05) is 23.7 Å². The second kappa shape index (κ2) is 8.80. The highest BCUT2D eigenvalue weighted by molar-refractivity contribution is 6.46. The van der Waals surface area contributed by atoms with Crippen molar-refractivity contribution in [1.82, 2.24) is 0 Å². The van der Waals surface area contributed by atoms with Crippen molar-refractivity contribution in [1.29, 1.82) is 0 Å². The van der Waals surface area contributed by atoms with E-state index in [2.05, 4.69) is 5.32 Å². The molecule has 3 aromatic carbocycles. The molecule has 0 aromatic heterocycles. The van der Waals surface area contributed by atoms with Crippen molar-refractivity contribution in [3.8, 4) is 5.75 Å². The first kappa shape index (κ1) is 21.5. The fraction of sp³-hybridized carbons (Fsp3) is 0.0833. The summed E-state index contributed by atoms with van der Waals surface area (Å²) in [5.41, 5.74) is 0.961. The lowest BCUT2D eigenvalue weighted by Crippen LogP contribution is -2.32. The van der Waals surface area contributed by atoms with Crippen LogP contribution in [-0.2, 0) is 9.59 Å². The maximum Gasteiger partial charge on any atom is 0.282 e. The van der Waals surface area contributed by atoms with E-state index >= 15 is 0 Å². The molecule has 0 saturated heterocycles. The molecule has 0 atom stereocenters. The van der Waals surface area contributed by atoms with Gasteiger partial charge in [0.1, 0.15) is 11.4 Å². The summed E-state index contributed by atoms with van der Waals surface area (Å²) in [7, 11) is 0. The molecule has 5 nitrogen and oxygen atoms in total. The van der Waals surface area contributed by atoms with E-state index in [1.807, 2.05) is 6.92 Å². The Kier molecular flexibility index (Phi) is 5.92. The number of halogens is 3. The van der Waals surface area contributed by atoms with Gasteiger partial charge in [0, 0.05) is 16.8 Å². The number of imide groups is 1. The van der Waals surface area contributed by atoms with Crippen LogP contribution in [0, 0.1) is 11.6 Å². The SMILES string of the molecule is CCOc1ccc(C2=C(Nc3ccc(F)c(F)c3)C(=O)N(c3ccc(Cl)cc3)C2=O)cc1. The molecular formula is C24H17ClF2N2O3. The molecule has 0 unspecified atom stereocenters. The lowest BCUT2D eigenvalue weighted by molar-refractivity contribution is -0.120. The first-order valence-corrected chi connectivity index (χ1v) is 10.1. The van der Waals surface area contributed by atoms with Gasteiger partial charge in [-0.2, -0.15) is 0 Å². The Morgan fingerprint density at radius 2 is 1.59 bits per heavy atom. The van der Waals surface area contributed by atoms with Crippen molar-refractivity contribution in [2.24, 2.45) is 0 Å². The van der Waals surface area contributed by atoms with Gasteiger partial charge in [-0.05, 0) is 61.0 Å². The van der Waals surface area contributed by atoms with Crippen LogP contribution in [0.15, 0.2) is 72.4 Å². The van der Waals surface area contributed by atoms with Crippen LogP contribution in [-0.4, -0.2) is 18.4 Å². The Labute approximate surface area is 187 Å². The number of rotatable bonds is 6. The Morgan fingerprint density at radius 1 is 0.906 bits per heavy atom. The number of nitrogens with zero attached hydrogens (tertiary/aromatic N) is 1. The van der Waals surface area contributed by atoms with Crippen molar-refractivity contribution in [3.05, 3.63) is 94.6 Å². The van der Waals surface area contributed by atoms with Gasteiger partial charge in [0.05, 0.1) is 17.9 Å².